The summed E-state index contributed by atoms with van der Waals surface area (Å²) in [6.45, 7) is 6.01. The van der Waals surface area contributed by atoms with Gasteiger partial charge in [0.25, 0.3) is 0 Å². The molecule has 0 heterocycles. The Morgan fingerprint density at radius 1 is 0.774 bits per heavy atom. The van der Waals surface area contributed by atoms with Gasteiger partial charge in [-0.25, -0.2) is 4.57 Å². The van der Waals surface area contributed by atoms with Crippen LogP contribution in [0.2, 0.25) is 0 Å². The van der Waals surface area contributed by atoms with Gasteiger partial charge in [0.2, 0.25) is 0 Å². The lowest BCUT2D eigenvalue weighted by atomic mass is 10.1. The highest BCUT2D eigenvalue weighted by atomic mass is 32.2. The highest BCUT2D eigenvalue weighted by Crippen LogP contribution is 2.47. The van der Waals surface area contributed by atoms with Crippen LogP contribution < -0.4 is 0 Å². The summed E-state index contributed by atoms with van der Waals surface area (Å²) < 4.78 is 39.8. The summed E-state index contributed by atoms with van der Waals surface area (Å²) in [5.74, 6) is 1.35. The van der Waals surface area contributed by atoms with E-state index in [4.69, 9.17) is 13.6 Å². The number of phosphoric acid groups is 1. The van der Waals surface area contributed by atoms with Crippen LogP contribution in [0, 0.1) is 0 Å². The van der Waals surface area contributed by atoms with Crippen molar-refractivity contribution in [2.24, 2.45) is 0 Å². The Hall–Kier alpha value is 0.610. The first-order valence-corrected chi connectivity index (χ1v) is 16.4. The molecule has 7 nitrogen and oxygen atoms in total. The number of unbranched alkanes of at least 4 members (excludes halogenated alkanes) is 9. The van der Waals surface area contributed by atoms with Crippen LogP contribution in [-0.4, -0.2) is 46.8 Å². The van der Waals surface area contributed by atoms with Crippen LogP contribution >= 0.6 is 27.2 Å². The van der Waals surface area contributed by atoms with Crippen LogP contribution in [0.5, 0.6) is 0 Å². The van der Waals surface area contributed by atoms with Crippen molar-refractivity contribution in [2.75, 3.05) is 30.9 Å². The van der Waals surface area contributed by atoms with E-state index in [-0.39, 0.29) is 19.4 Å². The quantitative estimate of drug-likeness (QED) is 0.112. The fraction of sp³-hybridized carbons (Fsp3) is 1.00. The molecule has 0 amide bonds. The topological polar surface area (TPSA) is 102 Å². The Kier molecular flexibility index (Phi) is 20.4. The number of thioether (sulfide) groups is 1. The molecule has 0 saturated heterocycles. The highest BCUT2D eigenvalue weighted by Gasteiger charge is 2.28. The summed E-state index contributed by atoms with van der Waals surface area (Å²) >= 11 is 1.62. The van der Waals surface area contributed by atoms with E-state index in [0.29, 0.717) is 18.6 Å². The lowest BCUT2D eigenvalue weighted by Gasteiger charge is -2.22. The highest BCUT2D eigenvalue weighted by molar-refractivity contribution is 7.99. The Labute approximate surface area is 194 Å². The summed E-state index contributed by atoms with van der Waals surface area (Å²) in [4.78, 5) is 20.0. The van der Waals surface area contributed by atoms with Gasteiger partial charge < -0.3 is 14.3 Å². The lowest BCUT2D eigenvalue weighted by Crippen LogP contribution is -2.22. The molecule has 0 radical (unpaired) electrons. The zero-order chi connectivity index (χ0) is 23.4. The van der Waals surface area contributed by atoms with Gasteiger partial charge in [0.05, 0.1) is 13.2 Å². The van der Waals surface area contributed by atoms with Crippen LogP contribution in [0.3, 0.4) is 0 Å². The second-order valence-corrected chi connectivity index (χ2v) is 12.5. The summed E-state index contributed by atoms with van der Waals surface area (Å²) in [7, 11) is -7.96. The number of hydrogen-bond acceptors (Lipinski definition) is 6. The third-order valence-electron chi connectivity index (χ3n) is 4.69. The number of rotatable bonds is 23. The third kappa shape index (κ3) is 20.9. The van der Waals surface area contributed by atoms with Gasteiger partial charge in [-0.1, -0.05) is 78.6 Å². The molecule has 0 aliphatic rings. The summed E-state index contributed by atoms with van der Waals surface area (Å²) in [5, 5.41) is 0. The van der Waals surface area contributed by atoms with E-state index in [1.165, 1.54) is 32.1 Å². The molecule has 0 aromatic heterocycles. The van der Waals surface area contributed by atoms with Crippen LogP contribution in [0.25, 0.3) is 0 Å². The fourth-order valence-corrected chi connectivity index (χ4v) is 6.21. The maximum atomic E-state index is 12.5. The normalized spacial score (nSPS) is 16.7. The lowest BCUT2D eigenvalue weighted by molar-refractivity contribution is 0.0899. The molecular weight excluding hydrogens is 458 g/mol. The van der Waals surface area contributed by atoms with Crippen molar-refractivity contribution in [3.05, 3.63) is 0 Å². The van der Waals surface area contributed by atoms with E-state index in [1.807, 2.05) is 6.92 Å². The molecule has 0 aliphatic carbocycles. The van der Waals surface area contributed by atoms with Crippen LogP contribution in [0.4, 0.5) is 0 Å². The number of hydrogen-bond donors (Lipinski definition) is 2. The van der Waals surface area contributed by atoms with Gasteiger partial charge in [-0.2, -0.15) is 11.8 Å². The van der Waals surface area contributed by atoms with Crippen molar-refractivity contribution in [2.45, 2.75) is 104 Å². The molecule has 0 aromatic rings. The van der Waals surface area contributed by atoms with Crippen molar-refractivity contribution in [1.82, 2.24) is 0 Å². The Morgan fingerprint density at radius 3 is 1.97 bits per heavy atom. The van der Waals surface area contributed by atoms with Crippen LogP contribution in [0.1, 0.15) is 97.8 Å². The van der Waals surface area contributed by atoms with Gasteiger partial charge in [-0.15, -0.1) is 0 Å². The molecule has 0 spiro atoms. The van der Waals surface area contributed by atoms with E-state index in [9.17, 15) is 18.9 Å². The smallest absolute Gasteiger partial charge is 0.324 e. The Morgan fingerprint density at radius 2 is 1.35 bits per heavy atom. The molecule has 0 fully saturated rings. The molecule has 0 rings (SSSR count). The standard InChI is InChI=1S/C21H46O7P2S/c1-4-7-9-11-13-15-18-31-20-21(19-27-30(24,25)26-16-6-3)28-29(22,23)17-14-12-10-8-5-2/h21H,4-20H2,1-3H3,(H,22,23)(H,24,25)/t21-/m1/s1. The molecular formula is C21H46O7P2S. The second kappa shape index (κ2) is 20.0. The molecule has 3 atom stereocenters. The predicted octanol–water partition coefficient (Wildman–Crippen LogP) is 7.16. The Balaban J connectivity index is 4.50. The molecule has 0 saturated carbocycles. The maximum Gasteiger partial charge on any atom is 0.472 e. The minimum atomic E-state index is -4.18. The van der Waals surface area contributed by atoms with Crippen molar-refractivity contribution in [3.63, 3.8) is 0 Å². The van der Waals surface area contributed by atoms with Crippen molar-refractivity contribution in [3.8, 4) is 0 Å². The zero-order valence-electron chi connectivity index (χ0n) is 19.8. The van der Waals surface area contributed by atoms with Crippen molar-refractivity contribution in [1.29, 1.82) is 0 Å². The SMILES string of the molecule is CCCCCCCCSC[C@@H](COP(=O)(O)OCCC)OP(=O)(O)CCCCCCC. The predicted molar refractivity (Wildman–Crippen MR) is 131 cm³/mol. The van der Waals surface area contributed by atoms with Gasteiger partial charge in [0.1, 0.15) is 6.10 Å². The van der Waals surface area contributed by atoms with Gasteiger partial charge in [0, 0.05) is 11.9 Å². The summed E-state index contributed by atoms with van der Waals surface area (Å²) in [6, 6.07) is 0. The van der Waals surface area contributed by atoms with Gasteiger partial charge in [0.15, 0.2) is 0 Å². The number of phosphoric ester groups is 1. The molecule has 2 unspecified atom stereocenters. The van der Waals surface area contributed by atoms with Crippen molar-refractivity contribution >= 4 is 27.2 Å². The summed E-state index contributed by atoms with van der Waals surface area (Å²) in [6.07, 6.45) is 12.0. The van der Waals surface area contributed by atoms with E-state index >= 15 is 0 Å². The maximum absolute atomic E-state index is 12.5. The average Bonchev–Trinajstić information content (AvgIpc) is 2.72. The first kappa shape index (κ1) is 31.6. The molecule has 31 heavy (non-hydrogen) atoms. The molecule has 0 bridgehead atoms. The monoisotopic (exact) mass is 504 g/mol. The molecule has 188 valence electrons. The fourth-order valence-electron chi connectivity index (χ4n) is 2.93. The minimum absolute atomic E-state index is 0.0957. The first-order chi connectivity index (χ1) is 14.8. The zero-order valence-corrected chi connectivity index (χ0v) is 22.4. The van der Waals surface area contributed by atoms with E-state index in [1.54, 1.807) is 11.8 Å². The summed E-state index contributed by atoms with van der Waals surface area (Å²) in [5.41, 5.74) is 0. The minimum Gasteiger partial charge on any atom is -0.324 e. The van der Waals surface area contributed by atoms with E-state index in [0.717, 1.165) is 37.9 Å². The van der Waals surface area contributed by atoms with E-state index < -0.39 is 21.5 Å². The average molecular weight is 505 g/mol. The van der Waals surface area contributed by atoms with Crippen molar-refractivity contribution < 1.29 is 32.5 Å². The first-order valence-electron chi connectivity index (χ1n) is 12.0. The molecule has 2 N–H and O–H groups in total. The molecule has 0 aliphatic heterocycles. The van der Waals surface area contributed by atoms with Crippen LogP contribution in [0.15, 0.2) is 0 Å². The molecule has 10 heteroatoms. The van der Waals surface area contributed by atoms with Crippen LogP contribution in [-0.2, 0) is 22.7 Å². The van der Waals surface area contributed by atoms with Gasteiger partial charge in [-0.05, 0) is 25.0 Å². The molecule has 0 aromatic carbocycles. The second-order valence-electron chi connectivity index (χ2n) is 7.94. The third-order valence-corrected chi connectivity index (χ3v) is 8.36. The van der Waals surface area contributed by atoms with E-state index in [2.05, 4.69) is 13.8 Å². The van der Waals surface area contributed by atoms with Gasteiger partial charge >= 0.3 is 15.4 Å². The van der Waals surface area contributed by atoms with Gasteiger partial charge in [-0.3, -0.25) is 13.6 Å². The largest absolute Gasteiger partial charge is 0.472 e. The Bertz CT molecular complexity index is 508.